The number of piperazine rings is 1. The maximum atomic E-state index is 13.1. The molecule has 1 amide bonds. The SMILES string of the molecule is CCOc1ccc(C(=O)N2CCN(Cc3cn(C)c4ccccc34)CC2)cc1OCC. The molecule has 0 N–H and O–H groups in total. The van der Waals surface area contributed by atoms with E-state index in [4.69, 9.17) is 9.47 Å². The van der Waals surface area contributed by atoms with E-state index in [1.807, 2.05) is 30.9 Å². The summed E-state index contributed by atoms with van der Waals surface area (Å²) < 4.78 is 13.5. The first-order chi connectivity index (χ1) is 15.1. The van der Waals surface area contributed by atoms with Crippen LogP contribution in [0.3, 0.4) is 0 Å². The summed E-state index contributed by atoms with van der Waals surface area (Å²) in [4.78, 5) is 17.4. The lowest BCUT2D eigenvalue weighted by Gasteiger charge is -2.34. The van der Waals surface area contributed by atoms with E-state index in [1.165, 1.54) is 16.5 Å². The van der Waals surface area contributed by atoms with Crippen LogP contribution in [0.15, 0.2) is 48.7 Å². The third-order valence-electron chi connectivity index (χ3n) is 5.82. The van der Waals surface area contributed by atoms with Crippen LogP contribution in [0.4, 0.5) is 0 Å². The van der Waals surface area contributed by atoms with Crippen LogP contribution in [-0.2, 0) is 13.6 Å². The van der Waals surface area contributed by atoms with Crippen molar-refractivity contribution in [3.63, 3.8) is 0 Å². The minimum Gasteiger partial charge on any atom is -0.490 e. The first-order valence-corrected chi connectivity index (χ1v) is 11.0. The van der Waals surface area contributed by atoms with E-state index in [-0.39, 0.29) is 5.91 Å². The van der Waals surface area contributed by atoms with Crippen LogP contribution in [0, 0.1) is 0 Å². The highest BCUT2D eigenvalue weighted by Crippen LogP contribution is 2.29. The molecule has 1 aromatic heterocycles. The number of para-hydroxylation sites is 1. The number of rotatable bonds is 7. The minimum atomic E-state index is 0.0498. The molecule has 2 aromatic carbocycles. The Morgan fingerprint density at radius 1 is 0.935 bits per heavy atom. The van der Waals surface area contributed by atoms with Gasteiger partial charge in [-0.15, -0.1) is 0 Å². The van der Waals surface area contributed by atoms with Crippen molar-refractivity contribution in [3.8, 4) is 11.5 Å². The molecule has 0 radical (unpaired) electrons. The second kappa shape index (κ2) is 9.43. The number of carbonyl (C=O) groups is 1. The molecular weight excluding hydrogens is 390 g/mol. The van der Waals surface area contributed by atoms with Gasteiger partial charge in [-0.25, -0.2) is 0 Å². The molecule has 0 spiro atoms. The first-order valence-electron chi connectivity index (χ1n) is 11.0. The normalized spacial score (nSPS) is 14.7. The lowest BCUT2D eigenvalue weighted by molar-refractivity contribution is 0.0628. The van der Waals surface area contributed by atoms with E-state index in [1.54, 1.807) is 6.07 Å². The predicted octanol–water partition coefficient (Wildman–Crippen LogP) is 3.93. The zero-order chi connectivity index (χ0) is 21.8. The molecule has 6 heteroatoms. The molecule has 1 fully saturated rings. The first kappa shape index (κ1) is 21.2. The Labute approximate surface area is 184 Å². The molecule has 1 aliphatic heterocycles. The van der Waals surface area contributed by atoms with Crippen LogP contribution in [0.1, 0.15) is 29.8 Å². The monoisotopic (exact) mass is 421 g/mol. The molecule has 0 saturated carbocycles. The van der Waals surface area contributed by atoms with E-state index in [0.717, 1.165) is 32.7 Å². The summed E-state index contributed by atoms with van der Waals surface area (Å²) in [7, 11) is 2.09. The van der Waals surface area contributed by atoms with E-state index < -0.39 is 0 Å². The number of aromatic nitrogens is 1. The van der Waals surface area contributed by atoms with Gasteiger partial charge in [-0.2, -0.15) is 0 Å². The molecule has 0 aliphatic carbocycles. The van der Waals surface area contributed by atoms with Gasteiger partial charge in [0, 0.05) is 62.4 Å². The molecule has 0 atom stereocenters. The van der Waals surface area contributed by atoms with Gasteiger partial charge in [0.05, 0.1) is 13.2 Å². The van der Waals surface area contributed by atoms with Crippen molar-refractivity contribution >= 4 is 16.8 Å². The number of nitrogens with zero attached hydrogens (tertiary/aromatic N) is 3. The van der Waals surface area contributed by atoms with Gasteiger partial charge in [-0.05, 0) is 43.7 Å². The maximum Gasteiger partial charge on any atom is 0.254 e. The zero-order valence-electron chi connectivity index (χ0n) is 18.6. The molecule has 0 bridgehead atoms. The molecule has 1 saturated heterocycles. The van der Waals surface area contributed by atoms with Gasteiger partial charge >= 0.3 is 0 Å². The summed E-state index contributed by atoms with van der Waals surface area (Å²) in [6, 6.07) is 14.0. The van der Waals surface area contributed by atoms with Crippen LogP contribution >= 0.6 is 0 Å². The van der Waals surface area contributed by atoms with E-state index in [0.29, 0.717) is 30.3 Å². The van der Waals surface area contributed by atoms with Crippen molar-refractivity contribution in [2.24, 2.45) is 7.05 Å². The van der Waals surface area contributed by atoms with E-state index in [2.05, 4.69) is 47.0 Å². The Morgan fingerprint density at radius 3 is 2.39 bits per heavy atom. The van der Waals surface area contributed by atoms with Crippen molar-refractivity contribution in [3.05, 3.63) is 59.8 Å². The molecular formula is C25H31N3O3. The highest BCUT2D eigenvalue weighted by atomic mass is 16.5. The Bertz CT molecular complexity index is 1050. The van der Waals surface area contributed by atoms with Crippen LogP contribution in [0.5, 0.6) is 11.5 Å². The average molecular weight is 422 g/mol. The molecule has 1 aliphatic rings. The van der Waals surface area contributed by atoms with Crippen molar-refractivity contribution in [1.29, 1.82) is 0 Å². The van der Waals surface area contributed by atoms with Crippen molar-refractivity contribution in [2.75, 3.05) is 39.4 Å². The highest BCUT2D eigenvalue weighted by Gasteiger charge is 2.24. The molecule has 31 heavy (non-hydrogen) atoms. The van der Waals surface area contributed by atoms with Crippen molar-refractivity contribution in [2.45, 2.75) is 20.4 Å². The third-order valence-corrected chi connectivity index (χ3v) is 5.82. The highest BCUT2D eigenvalue weighted by molar-refractivity contribution is 5.95. The molecule has 6 nitrogen and oxygen atoms in total. The summed E-state index contributed by atoms with van der Waals surface area (Å²) in [6.07, 6.45) is 2.22. The summed E-state index contributed by atoms with van der Waals surface area (Å²) in [5, 5.41) is 1.31. The van der Waals surface area contributed by atoms with Crippen LogP contribution in [-0.4, -0.2) is 59.7 Å². The van der Waals surface area contributed by atoms with E-state index in [9.17, 15) is 4.79 Å². The molecule has 2 heterocycles. The Kier molecular flexibility index (Phi) is 6.47. The topological polar surface area (TPSA) is 46.9 Å². The number of hydrogen-bond donors (Lipinski definition) is 0. The fourth-order valence-electron chi connectivity index (χ4n) is 4.27. The largest absolute Gasteiger partial charge is 0.490 e. The number of fused-ring (bicyclic) bond motifs is 1. The maximum absolute atomic E-state index is 13.1. The predicted molar refractivity (Wildman–Crippen MR) is 123 cm³/mol. The number of ether oxygens (including phenoxy) is 2. The number of carbonyl (C=O) groups excluding carboxylic acids is 1. The summed E-state index contributed by atoms with van der Waals surface area (Å²) in [6.45, 7) is 9.04. The number of hydrogen-bond acceptors (Lipinski definition) is 4. The van der Waals surface area contributed by atoms with Gasteiger partial charge < -0.3 is 18.9 Å². The standard InChI is InChI=1S/C25H31N3O3/c1-4-30-23-11-10-19(16-24(23)31-5-2)25(29)28-14-12-27(13-15-28)18-20-17-26(3)22-9-7-6-8-21(20)22/h6-11,16-17H,4-5,12-15,18H2,1-3H3. The molecule has 164 valence electrons. The van der Waals surface area contributed by atoms with Crippen LogP contribution in [0.2, 0.25) is 0 Å². The molecule has 4 rings (SSSR count). The van der Waals surface area contributed by atoms with Gasteiger partial charge in [0.2, 0.25) is 0 Å². The van der Waals surface area contributed by atoms with Gasteiger partial charge in [0.25, 0.3) is 5.91 Å². The average Bonchev–Trinajstić information content (AvgIpc) is 3.11. The lowest BCUT2D eigenvalue weighted by Crippen LogP contribution is -2.48. The second-order valence-electron chi connectivity index (χ2n) is 7.88. The fourth-order valence-corrected chi connectivity index (χ4v) is 4.27. The van der Waals surface area contributed by atoms with Gasteiger partial charge in [-0.3, -0.25) is 9.69 Å². The van der Waals surface area contributed by atoms with Crippen molar-refractivity contribution < 1.29 is 14.3 Å². The molecule has 3 aromatic rings. The third kappa shape index (κ3) is 4.54. The quantitative estimate of drug-likeness (QED) is 0.580. The number of amides is 1. The number of aryl methyl sites for hydroxylation is 1. The Balaban J connectivity index is 1.40. The summed E-state index contributed by atoms with van der Waals surface area (Å²) in [5.41, 5.74) is 3.24. The van der Waals surface area contributed by atoms with Gasteiger partial charge in [0.15, 0.2) is 11.5 Å². The van der Waals surface area contributed by atoms with Gasteiger partial charge in [-0.1, -0.05) is 18.2 Å². The van der Waals surface area contributed by atoms with Crippen LogP contribution < -0.4 is 9.47 Å². The number of benzene rings is 2. The zero-order valence-corrected chi connectivity index (χ0v) is 18.6. The van der Waals surface area contributed by atoms with Crippen molar-refractivity contribution in [1.82, 2.24) is 14.4 Å². The van der Waals surface area contributed by atoms with Crippen LogP contribution in [0.25, 0.3) is 10.9 Å². The fraction of sp³-hybridized carbons (Fsp3) is 0.400. The van der Waals surface area contributed by atoms with E-state index >= 15 is 0 Å². The summed E-state index contributed by atoms with van der Waals surface area (Å²) >= 11 is 0. The minimum absolute atomic E-state index is 0.0498. The smallest absolute Gasteiger partial charge is 0.254 e. The Hall–Kier alpha value is -2.99. The molecule has 0 unspecified atom stereocenters. The lowest BCUT2D eigenvalue weighted by atomic mass is 10.1. The van der Waals surface area contributed by atoms with Gasteiger partial charge in [0.1, 0.15) is 0 Å². The second-order valence-corrected chi connectivity index (χ2v) is 7.88. The summed E-state index contributed by atoms with van der Waals surface area (Å²) in [5.74, 6) is 1.36. The Morgan fingerprint density at radius 2 is 1.65 bits per heavy atom.